The normalized spacial score (nSPS) is 21.1. The largest absolute Gasteiger partial charge is 0.372 e. The van der Waals surface area contributed by atoms with Crippen LogP contribution in [-0.2, 0) is 19.1 Å². The van der Waals surface area contributed by atoms with Crippen LogP contribution >= 0.6 is 0 Å². The first-order valence-electron chi connectivity index (χ1n) is 10.5. The van der Waals surface area contributed by atoms with Gasteiger partial charge in [0.15, 0.2) is 11.6 Å². The molecular weight excluding hydrogens is 432 g/mol. The van der Waals surface area contributed by atoms with E-state index in [1.165, 1.54) is 13.0 Å². The highest BCUT2D eigenvalue weighted by atomic mass is 19.2. The van der Waals surface area contributed by atoms with E-state index in [9.17, 15) is 23.2 Å². The number of nitrogens with one attached hydrogen (secondary N) is 1. The third-order valence-electron chi connectivity index (χ3n) is 5.45. The molecule has 2 atom stereocenters. The number of imide groups is 1. The van der Waals surface area contributed by atoms with Crippen LogP contribution in [0.2, 0.25) is 0 Å². The average molecular weight is 455 g/mol. The van der Waals surface area contributed by atoms with Gasteiger partial charge < -0.3 is 15.0 Å². The molecule has 0 radical (unpaired) electrons. The fraction of sp³-hybridized carbons (Fsp3) is 0.292. The molecule has 0 aliphatic carbocycles. The fourth-order valence-corrected chi connectivity index (χ4v) is 4.21. The molecule has 2 heterocycles. The zero-order chi connectivity index (χ0) is 23.9. The molecule has 33 heavy (non-hydrogen) atoms. The van der Waals surface area contributed by atoms with E-state index in [0.717, 1.165) is 17.0 Å². The first-order valence-corrected chi connectivity index (χ1v) is 10.5. The quantitative estimate of drug-likeness (QED) is 0.716. The zero-order valence-electron chi connectivity index (χ0n) is 18.4. The molecular formula is C24H23F2N3O4. The van der Waals surface area contributed by atoms with Crippen molar-refractivity contribution in [3.05, 3.63) is 65.4 Å². The van der Waals surface area contributed by atoms with Crippen LogP contribution in [0.5, 0.6) is 0 Å². The molecule has 2 aliphatic heterocycles. The summed E-state index contributed by atoms with van der Waals surface area (Å²) in [6.45, 7) is 5.91. The third-order valence-corrected chi connectivity index (χ3v) is 5.45. The summed E-state index contributed by atoms with van der Waals surface area (Å²) < 4.78 is 33.2. The Kier molecular flexibility index (Phi) is 5.99. The minimum absolute atomic E-state index is 0.0550. The van der Waals surface area contributed by atoms with Crippen LogP contribution in [0.25, 0.3) is 5.57 Å². The molecule has 2 aromatic rings. The van der Waals surface area contributed by atoms with Gasteiger partial charge in [-0.2, -0.15) is 0 Å². The van der Waals surface area contributed by atoms with Crippen molar-refractivity contribution in [1.82, 2.24) is 4.90 Å². The molecule has 1 fully saturated rings. The van der Waals surface area contributed by atoms with Gasteiger partial charge in [0.1, 0.15) is 5.70 Å². The maximum Gasteiger partial charge on any atom is 0.282 e. The first kappa shape index (κ1) is 22.6. The molecule has 2 unspecified atom stereocenters. The van der Waals surface area contributed by atoms with Gasteiger partial charge in [0.25, 0.3) is 11.8 Å². The molecule has 0 bridgehead atoms. The highest BCUT2D eigenvalue weighted by Gasteiger charge is 2.44. The van der Waals surface area contributed by atoms with Crippen LogP contribution in [0.4, 0.5) is 20.2 Å². The van der Waals surface area contributed by atoms with Gasteiger partial charge >= 0.3 is 0 Å². The molecule has 172 valence electrons. The number of hydrogen-bond acceptors (Lipinski definition) is 5. The van der Waals surface area contributed by atoms with Crippen molar-refractivity contribution >= 4 is 34.7 Å². The van der Waals surface area contributed by atoms with E-state index < -0.39 is 23.4 Å². The lowest BCUT2D eigenvalue weighted by Gasteiger charge is -2.37. The van der Waals surface area contributed by atoms with Crippen molar-refractivity contribution in [1.29, 1.82) is 0 Å². The summed E-state index contributed by atoms with van der Waals surface area (Å²) in [5.41, 5.74) is 1.28. The first-order chi connectivity index (χ1) is 15.7. The average Bonchev–Trinajstić information content (AvgIpc) is 3.00. The summed E-state index contributed by atoms with van der Waals surface area (Å²) in [6.07, 6.45) is -0.352. The molecule has 0 saturated carbocycles. The molecule has 0 aromatic heterocycles. The summed E-state index contributed by atoms with van der Waals surface area (Å²) in [6, 6.07) is 9.43. The van der Waals surface area contributed by atoms with E-state index >= 15 is 0 Å². The van der Waals surface area contributed by atoms with Gasteiger partial charge in [0, 0.05) is 31.8 Å². The number of rotatable bonds is 4. The molecule has 9 heteroatoms. The summed E-state index contributed by atoms with van der Waals surface area (Å²) in [7, 11) is 0. The summed E-state index contributed by atoms with van der Waals surface area (Å²) in [5.74, 6) is -3.73. The maximum absolute atomic E-state index is 13.9. The van der Waals surface area contributed by atoms with Crippen molar-refractivity contribution in [2.45, 2.75) is 33.0 Å². The van der Waals surface area contributed by atoms with Gasteiger partial charge in [-0.25, -0.2) is 13.7 Å². The van der Waals surface area contributed by atoms with Crippen molar-refractivity contribution in [2.75, 3.05) is 23.3 Å². The fourth-order valence-electron chi connectivity index (χ4n) is 4.21. The number of nitrogens with zero attached hydrogens (tertiary/aromatic N) is 2. The molecule has 2 aromatic carbocycles. The number of anilines is 2. The number of amides is 3. The molecule has 4 rings (SSSR count). The lowest BCUT2D eigenvalue weighted by molar-refractivity contribution is -0.121. The van der Waals surface area contributed by atoms with Crippen molar-refractivity contribution in [3.63, 3.8) is 0 Å². The van der Waals surface area contributed by atoms with Crippen molar-refractivity contribution < 1.29 is 27.9 Å². The number of carbonyl (C=O) groups is 3. The van der Waals surface area contributed by atoms with Crippen molar-refractivity contribution in [3.8, 4) is 0 Å². The molecule has 7 nitrogen and oxygen atoms in total. The Morgan fingerprint density at radius 1 is 0.970 bits per heavy atom. The number of carbonyl (C=O) groups excluding carboxylic acids is 3. The Labute approximate surface area is 189 Å². The van der Waals surface area contributed by atoms with Crippen LogP contribution in [0, 0.1) is 11.6 Å². The van der Waals surface area contributed by atoms with Crippen LogP contribution in [0.1, 0.15) is 26.3 Å². The SMILES string of the molecule is CC(=O)Nc1ccc(C2=C(N3CC(C)OC(C)C3)C(=O)N(c3ccc(F)c(F)c3)C2=O)cc1. The molecule has 0 spiro atoms. The number of morpholine rings is 1. The van der Waals surface area contributed by atoms with Gasteiger partial charge in [-0.05, 0) is 43.7 Å². The van der Waals surface area contributed by atoms with Crippen molar-refractivity contribution in [2.24, 2.45) is 0 Å². The van der Waals surface area contributed by atoms with Crippen LogP contribution in [-0.4, -0.2) is 47.9 Å². The Morgan fingerprint density at radius 2 is 1.61 bits per heavy atom. The van der Waals surface area contributed by atoms with Crippen LogP contribution in [0.15, 0.2) is 48.2 Å². The molecule has 1 saturated heterocycles. The molecule has 3 amide bonds. The highest BCUT2D eigenvalue weighted by Crippen LogP contribution is 2.36. The Hall–Kier alpha value is -3.59. The highest BCUT2D eigenvalue weighted by molar-refractivity contribution is 6.45. The van der Waals surface area contributed by atoms with Gasteiger partial charge in [0.2, 0.25) is 5.91 Å². The minimum Gasteiger partial charge on any atom is -0.372 e. The Balaban J connectivity index is 1.80. The summed E-state index contributed by atoms with van der Waals surface area (Å²) in [5, 5.41) is 2.65. The predicted octanol–water partition coefficient (Wildman–Crippen LogP) is 3.32. The number of benzene rings is 2. The van der Waals surface area contributed by atoms with Gasteiger partial charge in [-0.1, -0.05) is 12.1 Å². The van der Waals surface area contributed by atoms with E-state index in [1.54, 1.807) is 29.2 Å². The monoisotopic (exact) mass is 455 g/mol. The summed E-state index contributed by atoms with van der Waals surface area (Å²) in [4.78, 5) is 41.0. The second-order valence-corrected chi connectivity index (χ2v) is 8.19. The Morgan fingerprint density at radius 3 is 2.18 bits per heavy atom. The Bertz CT molecular complexity index is 1150. The maximum atomic E-state index is 13.9. The third kappa shape index (κ3) is 4.36. The zero-order valence-corrected chi connectivity index (χ0v) is 18.4. The second-order valence-electron chi connectivity index (χ2n) is 8.19. The molecule has 1 N–H and O–H groups in total. The van der Waals surface area contributed by atoms with Gasteiger partial charge in [-0.15, -0.1) is 0 Å². The predicted molar refractivity (Wildman–Crippen MR) is 118 cm³/mol. The van der Waals surface area contributed by atoms with E-state index in [2.05, 4.69) is 5.32 Å². The second kappa shape index (κ2) is 8.74. The summed E-state index contributed by atoms with van der Waals surface area (Å²) >= 11 is 0. The number of ether oxygens (including phenoxy) is 1. The standard InChI is InChI=1S/C24H23F2N3O4/c1-13-11-28(12-14(2)33-13)22-21(16-4-6-17(7-5-16)27-15(3)30)23(31)29(24(22)32)18-8-9-19(25)20(26)10-18/h4-10,13-14H,11-12H2,1-3H3,(H,27,30). The van der Waals surface area contributed by atoms with E-state index in [0.29, 0.717) is 24.3 Å². The lowest BCUT2D eigenvalue weighted by Crippen LogP contribution is -2.47. The van der Waals surface area contributed by atoms with Crippen LogP contribution < -0.4 is 10.2 Å². The molecule has 2 aliphatic rings. The van der Waals surface area contributed by atoms with Gasteiger partial charge in [-0.3, -0.25) is 14.4 Å². The van der Waals surface area contributed by atoms with Gasteiger partial charge in [0.05, 0.1) is 23.5 Å². The topological polar surface area (TPSA) is 79.0 Å². The van der Waals surface area contributed by atoms with Crippen LogP contribution in [0.3, 0.4) is 0 Å². The lowest BCUT2D eigenvalue weighted by atomic mass is 10.0. The van der Waals surface area contributed by atoms with E-state index in [-0.39, 0.29) is 35.1 Å². The smallest absolute Gasteiger partial charge is 0.282 e. The number of hydrogen-bond donors (Lipinski definition) is 1. The minimum atomic E-state index is -1.16. The number of halogens is 2. The van der Waals surface area contributed by atoms with E-state index in [4.69, 9.17) is 4.74 Å². The van der Waals surface area contributed by atoms with E-state index in [1.807, 2.05) is 13.8 Å².